The molecule has 0 bridgehead atoms. The summed E-state index contributed by atoms with van der Waals surface area (Å²) in [6, 6.07) is 14.6. The summed E-state index contributed by atoms with van der Waals surface area (Å²) in [6.07, 6.45) is 8.63. The van der Waals surface area contributed by atoms with Crippen molar-refractivity contribution in [3.05, 3.63) is 78.1 Å². The van der Waals surface area contributed by atoms with Crippen molar-refractivity contribution in [2.45, 2.75) is 51.7 Å². The Kier molecular flexibility index (Phi) is 5.81. The van der Waals surface area contributed by atoms with Crippen LogP contribution in [0.3, 0.4) is 0 Å². The van der Waals surface area contributed by atoms with Crippen LogP contribution in [-0.2, 0) is 13.0 Å². The number of hydrogen-bond donors (Lipinski definition) is 1. The number of nitrogens with zero attached hydrogens (tertiary/aromatic N) is 6. The van der Waals surface area contributed by atoms with Crippen LogP contribution in [0.25, 0.3) is 22.5 Å². The van der Waals surface area contributed by atoms with E-state index in [1.807, 2.05) is 42.6 Å². The Labute approximate surface area is 210 Å². The second-order valence-corrected chi connectivity index (χ2v) is 9.90. The summed E-state index contributed by atoms with van der Waals surface area (Å²) in [5.41, 5.74) is 6.33. The van der Waals surface area contributed by atoms with E-state index < -0.39 is 0 Å². The molecule has 1 fully saturated rings. The van der Waals surface area contributed by atoms with Crippen LogP contribution >= 0.6 is 0 Å². The molecular formula is C28H29N7O. The van der Waals surface area contributed by atoms with E-state index in [0.29, 0.717) is 23.5 Å². The van der Waals surface area contributed by atoms with Gasteiger partial charge >= 0.3 is 0 Å². The molecular weight excluding hydrogens is 450 g/mol. The maximum atomic E-state index is 13.1. The Bertz CT molecular complexity index is 1420. The maximum Gasteiger partial charge on any atom is 0.274 e. The van der Waals surface area contributed by atoms with Crippen molar-refractivity contribution < 1.29 is 4.79 Å². The van der Waals surface area contributed by atoms with Gasteiger partial charge in [-0.3, -0.25) is 19.7 Å². The van der Waals surface area contributed by atoms with Gasteiger partial charge in [-0.25, -0.2) is 0 Å². The molecule has 0 spiro atoms. The lowest BCUT2D eigenvalue weighted by Crippen LogP contribution is -2.36. The zero-order valence-corrected chi connectivity index (χ0v) is 20.6. The van der Waals surface area contributed by atoms with Crippen molar-refractivity contribution in [3.63, 3.8) is 0 Å². The SMILES string of the molecule is CC(C)N1CCc2ncc(-c3ccnc(C(=O)Nc4cccc(-c5nncn5C5CC5)c4)c3)cc2C1. The van der Waals surface area contributed by atoms with Crippen LogP contribution in [0.1, 0.15) is 54.5 Å². The molecule has 6 rings (SSSR count). The van der Waals surface area contributed by atoms with Crippen LogP contribution in [-0.4, -0.2) is 48.1 Å². The molecule has 182 valence electrons. The molecule has 36 heavy (non-hydrogen) atoms. The molecule has 8 heteroatoms. The highest BCUT2D eigenvalue weighted by Crippen LogP contribution is 2.37. The monoisotopic (exact) mass is 479 g/mol. The van der Waals surface area contributed by atoms with Crippen LogP contribution in [0.2, 0.25) is 0 Å². The topological polar surface area (TPSA) is 88.8 Å². The molecule has 4 aromatic rings. The number of benzene rings is 1. The van der Waals surface area contributed by atoms with Gasteiger partial charge in [0.2, 0.25) is 0 Å². The first-order valence-electron chi connectivity index (χ1n) is 12.5. The van der Waals surface area contributed by atoms with Gasteiger partial charge < -0.3 is 9.88 Å². The van der Waals surface area contributed by atoms with Gasteiger partial charge in [0.05, 0.1) is 0 Å². The number of hydrogen-bond acceptors (Lipinski definition) is 6. The molecule has 1 N–H and O–H groups in total. The van der Waals surface area contributed by atoms with Crippen LogP contribution in [0.4, 0.5) is 5.69 Å². The first-order chi connectivity index (χ1) is 17.5. The minimum absolute atomic E-state index is 0.255. The fraction of sp³-hybridized carbons (Fsp3) is 0.321. The Morgan fingerprint density at radius 1 is 1.06 bits per heavy atom. The van der Waals surface area contributed by atoms with Crippen molar-refractivity contribution in [2.75, 3.05) is 11.9 Å². The highest BCUT2D eigenvalue weighted by Gasteiger charge is 2.26. The average Bonchev–Trinajstić information content (AvgIpc) is 3.64. The quantitative estimate of drug-likeness (QED) is 0.429. The van der Waals surface area contributed by atoms with Gasteiger partial charge in [-0.05, 0) is 68.1 Å². The molecule has 0 atom stereocenters. The number of pyridine rings is 2. The lowest BCUT2D eigenvalue weighted by Gasteiger charge is -2.31. The second-order valence-electron chi connectivity index (χ2n) is 9.90. The predicted octanol–water partition coefficient (Wildman–Crippen LogP) is 4.76. The van der Waals surface area contributed by atoms with E-state index in [-0.39, 0.29) is 5.91 Å². The van der Waals surface area contributed by atoms with Gasteiger partial charge in [-0.2, -0.15) is 0 Å². The van der Waals surface area contributed by atoms with E-state index in [1.54, 1.807) is 12.5 Å². The maximum absolute atomic E-state index is 13.1. The number of aromatic nitrogens is 5. The minimum Gasteiger partial charge on any atom is -0.321 e. The summed E-state index contributed by atoms with van der Waals surface area (Å²) in [6.45, 7) is 6.39. The largest absolute Gasteiger partial charge is 0.321 e. The van der Waals surface area contributed by atoms with Gasteiger partial charge in [-0.15, -0.1) is 10.2 Å². The van der Waals surface area contributed by atoms with E-state index in [2.05, 4.69) is 49.9 Å². The van der Waals surface area contributed by atoms with E-state index in [4.69, 9.17) is 4.98 Å². The molecule has 3 aromatic heterocycles. The van der Waals surface area contributed by atoms with Crippen LogP contribution in [0, 0.1) is 0 Å². The molecule has 1 aromatic carbocycles. The Morgan fingerprint density at radius 2 is 1.94 bits per heavy atom. The number of rotatable bonds is 6. The Hall–Kier alpha value is -3.91. The van der Waals surface area contributed by atoms with Gasteiger partial charge in [0.1, 0.15) is 12.0 Å². The predicted molar refractivity (Wildman–Crippen MR) is 138 cm³/mol. The van der Waals surface area contributed by atoms with E-state index >= 15 is 0 Å². The van der Waals surface area contributed by atoms with Crippen molar-refractivity contribution in [3.8, 4) is 22.5 Å². The van der Waals surface area contributed by atoms with Crippen molar-refractivity contribution in [1.29, 1.82) is 0 Å². The normalized spacial score (nSPS) is 15.6. The Balaban J connectivity index is 1.21. The van der Waals surface area contributed by atoms with Crippen molar-refractivity contribution in [1.82, 2.24) is 29.6 Å². The lowest BCUT2D eigenvalue weighted by molar-refractivity contribution is 0.102. The molecule has 1 aliphatic carbocycles. The molecule has 8 nitrogen and oxygen atoms in total. The zero-order chi connectivity index (χ0) is 24.6. The lowest BCUT2D eigenvalue weighted by atomic mass is 9.99. The number of carbonyl (C=O) groups is 1. The van der Waals surface area contributed by atoms with Crippen LogP contribution in [0.15, 0.2) is 61.2 Å². The van der Waals surface area contributed by atoms with Gasteiger partial charge in [0, 0.05) is 66.5 Å². The molecule has 4 heterocycles. The molecule has 0 saturated heterocycles. The third-order valence-corrected chi connectivity index (χ3v) is 7.02. The second kappa shape index (κ2) is 9.28. The highest BCUT2D eigenvalue weighted by atomic mass is 16.1. The molecule has 1 saturated carbocycles. The van der Waals surface area contributed by atoms with E-state index in [9.17, 15) is 4.79 Å². The number of nitrogens with one attached hydrogen (secondary N) is 1. The van der Waals surface area contributed by atoms with Gasteiger partial charge in [0.15, 0.2) is 5.82 Å². The van der Waals surface area contributed by atoms with Crippen molar-refractivity contribution in [2.24, 2.45) is 0 Å². The first kappa shape index (κ1) is 22.5. The Morgan fingerprint density at radius 3 is 2.78 bits per heavy atom. The van der Waals surface area contributed by atoms with Crippen LogP contribution < -0.4 is 5.32 Å². The number of fused-ring (bicyclic) bond motifs is 1. The summed E-state index contributed by atoms with van der Waals surface area (Å²) in [5.74, 6) is 0.569. The zero-order valence-electron chi connectivity index (χ0n) is 20.6. The number of amides is 1. The number of anilines is 1. The molecule has 1 amide bonds. The fourth-order valence-corrected chi connectivity index (χ4v) is 4.78. The summed E-state index contributed by atoms with van der Waals surface area (Å²) < 4.78 is 2.11. The molecule has 0 unspecified atom stereocenters. The third kappa shape index (κ3) is 4.52. The molecule has 1 aliphatic heterocycles. The van der Waals surface area contributed by atoms with Crippen molar-refractivity contribution >= 4 is 11.6 Å². The highest BCUT2D eigenvalue weighted by molar-refractivity contribution is 6.03. The smallest absolute Gasteiger partial charge is 0.274 e. The summed E-state index contributed by atoms with van der Waals surface area (Å²) in [7, 11) is 0. The summed E-state index contributed by atoms with van der Waals surface area (Å²) in [5, 5.41) is 11.4. The van der Waals surface area contributed by atoms with E-state index in [0.717, 1.165) is 54.9 Å². The van der Waals surface area contributed by atoms with Gasteiger partial charge in [-0.1, -0.05) is 12.1 Å². The summed E-state index contributed by atoms with van der Waals surface area (Å²) >= 11 is 0. The van der Waals surface area contributed by atoms with Crippen LogP contribution in [0.5, 0.6) is 0 Å². The summed E-state index contributed by atoms with van der Waals surface area (Å²) in [4.78, 5) is 24.6. The molecule has 2 aliphatic rings. The minimum atomic E-state index is -0.255. The fourth-order valence-electron chi connectivity index (χ4n) is 4.78. The average molecular weight is 480 g/mol. The van der Waals surface area contributed by atoms with E-state index in [1.165, 1.54) is 11.3 Å². The first-order valence-corrected chi connectivity index (χ1v) is 12.5. The van der Waals surface area contributed by atoms with Gasteiger partial charge in [0.25, 0.3) is 5.91 Å². The number of carbonyl (C=O) groups excluding carboxylic acids is 1. The molecule has 0 radical (unpaired) electrons. The standard InChI is InChI=1S/C28H29N7O/c1-18(2)34-11-9-25-22(16-34)12-21(15-30-25)19-8-10-29-26(14-19)28(36)32-23-5-3-4-20(13-23)27-33-31-17-35(27)24-6-7-24/h3-5,8,10,12-15,17-18,24H,6-7,9,11,16H2,1-2H3,(H,32,36). The third-order valence-electron chi connectivity index (χ3n) is 7.02.